The monoisotopic (exact) mass is 347 g/mol. The van der Waals surface area contributed by atoms with Crippen molar-refractivity contribution in [1.29, 1.82) is 0 Å². The highest BCUT2D eigenvalue weighted by Crippen LogP contribution is 2.21. The van der Waals surface area contributed by atoms with E-state index in [1.807, 2.05) is 72.8 Å². The van der Waals surface area contributed by atoms with Gasteiger partial charge in [-0.1, -0.05) is 54.6 Å². The van der Waals surface area contributed by atoms with E-state index >= 15 is 0 Å². The summed E-state index contributed by atoms with van der Waals surface area (Å²) in [6.07, 6.45) is 0. The van der Waals surface area contributed by atoms with Crippen LogP contribution in [0.4, 0.5) is 5.69 Å². The molecule has 3 aromatic rings. The molecule has 1 N–H and O–H groups in total. The van der Waals surface area contributed by atoms with E-state index in [0.717, 1.165) is 10.6 Å². The fourth-order valence-electron chi connectivity index (χ4n) is 2.31. The average molecular weight is 347 g/mol. The van der Waals surface area contributed by atoms with Gasteiger partial charge in [0.1, 0.15) is 0 Å². The lowest BCUT2D eigenvalue weighted by atomic mass is 10.2. The number of Topliss-reactive ketones (excluding diaryl/α,β-unsaturated/α-hetero) is 1. The van der Waals surface area contributed by atoms with Gasteiger partial charge >= 0.3 is 0 Å². The minimum Gasteiger partial charge on any atom is -0.322 e. The first-order valence-corrected chi connectivity index (χ1v) is 8.88. The molecule has 0 bridgehead atoms. The number of hydrogen-bond acceptors (Lipinski definition) is 3. The minimum atomic E-state index is -0.164. The maximum absolute atomic E-state index is 12.3. The number of ketones is 1. The molecule has 0 spiro atoms. The summed E-state index contributed by atoms with van der Waals surface area (Å²) in [5.41, 5.74) is 2.03. The van der Waals surface area contributed by atoms with Crippen molar-refractivity contribution in [3.8, 4) is 0 Å². The van der Waals surface area contributed by atoms with E-state index in [4.69, 9.17) is 0 Å². The van der Waals surface area contributed by atoms with Gasteiger partial charge < -0.3 is 5.32 Å². The predicted molar refractivity (Wildman–Crippen MR) is 102 cm³/mol. The first-order chi connectivity index (χ1) is 12.2. The van der Waals surface area contributed by atoms with Crippen molar-refractivity contribution in [2.24, 2.45) is 0 Å². The minimum absolute atomic E-state index is 0.0738. The number of hydrogen-bond donors (Lipinski definition) is 1. The summed E-state index contributed by atoms with van der Waals surface area (Å²) < 4.78 is 0. The van der Waals surface area contributed by atoms with Gasteiger partial charge in [-0.25, -0.2) is 0 Å². The van der Waals surface area contributed by atoms with Crippen LogP contribution in [0.3, 0.4) is 0 Å². The van der Waals surface area contributed by atoms with Gasteiger partial charge in [0.05, 0.1) is 5.75 Å². The van der Waals surface area contributed by atoms with E-state index in [2.05, 4.69) is 5.32 Å². The molecular formula is C21H17NO2S. The number of para-hydroxylation sites is 1. The third-order valence-corrected chi connectivity index (χ3v) is 4.59. The molecule has 0 aliphatic rings. The van der Waals surface area contributed by atoms with Crippen LogP contribution in [0.2, 0.25) is 0 Å². The maximum Gasteiger partial charge on any atom is 0.255 e. The van der Waals surface area contributed by atoms with Gasteiger partial charge in [-0.3, -0.25) is 9.59 Å². The van der Waals surface area contributed by atoms with Crippen LogP contribution in [-0.4, -0.2) is 17.4 Å². The van der Waals surface area contributed by atoms with E-state index < -0.39 is 0 Å². The Kier molecular flexibility index (Phi) is 5.65. The number of carbonyl (C=O) groups excluding carboxylic acids is 2. The molecule has 4 heteroatoms. The molecule has 0 saturated carbocycles. The highest BCUT2D eigenvalue weighted by Gasteiger charge is 2.09. The van der Waals surface area contributed by atoms with Gasteiger partial charge in [-0.15, -0.1) is 11.8 Å². The van der Waals surface area contributed by atoms with Crippen molar-refractivity contribution in [3.05, 3.63) is 96.1 Å². The Morgan fingerprint density at radius 3 is 2.12 bits per heavy atom. The second-order valence-corrected chi connectivity index (χ2v) is 6.47. The zero-order valence-corrected chi connectivity index (χ0v) is 14.3. The molecule has 3 rings (SSSR count). The highest BCUT2D eigenvalue weighted by molar-refractivity contribution is 8.00. The molecule has 0 saturated heterocycles. The van der Waals surface area contributed by atoms with Crippen LogP contribution in [0, 0.1) is 0 Å². The fourth-order valence-corrected chi connectivity index (χ4v) is 3.16. The Morgan fingerprint density at radius 1 is 0.760 bits per heavy atom. The van der Waals surface area contributed by atoms with Gasteiger partial charge in [-0.05, 0) is 30.3 Å². The standard InChI is InChI=1S/C21H17NO2S/c23-20(16-8-3-1-4-9-16)15-25-19-13-7-10-17(14-19)21(24)22-18-11-5-2-6-12-18/h1-14H,15H2,(H,22,24). The van der Waals surface area contributed by atoms with Crippen molar-refractivity contribution in [2.75, 3.05) is 11.1 Å². The number of anilines is 1. The van der Waals surface area contributed by atoms with Crippen LogP contribution in [0.1, 0.15) is 20.7 Å². The summed E-state index contributed by atoms with van der Waals surface area (Å²) in [6, 6.07) is 25.9. The number of thioether (sulfide) groups is 1. The highest BCUT2D eigenvalue weighted by atomic mass is 32.2. The molecule has 0 heterocycles. The van der Waals surface area contributed by atoms with Crippen LogP contribution >= 0.6 is 11.8 Å². The van der Waals surface area contributed by atoms with Crippen molar-refractivity contribution >= 4 is 29.1 Å². The molecule has 124 valence electrons. The average Bonchev–Trinajstić information content (AvgIpc) is 2.68. The smallest absolute Gasteiger partial charge is 0.255 e. The molecule has 0 aliphatic carbocycles. The van der Waals surface area contributed by atoms with Crippen LogP contribution in [0.15, 0.2) is 89.8 Å². The van der Waals surface area contributed by atoms with E-state index in [0.29, 0.717) is 16.9 Å². The second-order valence-electron chi connectivity index (χ2n) is 5.43. The van der Waals surface area contributed by atoms with Crippen LogP contribution in [0.25, 0.3) is 0 Å². The number of benzene rings is 3. The Morgan fingerprint density at radius 2 is 1.40 bits per heavy atom. The topological polar surface area (TPSA) is 46.2 Å². The van der Waals surface area contributed by atoms with Crippen molar-refractivity contribution in [3.63, 3.8) is 0 Å². The zero-order chi connectivity index (χ0) is 17.5. The summed E-state index contributed by atoms with van der Waals surface area (Å²) in [4.78, 5) is 25.4. The van der Waals surface area contributed by atoms with Crippen molar-refractivity contribution in [2.45, 2.75) is 4.90 Å². The third kappa shape index (κ3) is 4.81. The largest absolute Gasteiger partial charge is 0.322 e. The van der Waals surface area contributed by atoms with Crippen LogP contribution < -0.4 is 5.32 Å². The summed E-state index contributed by atoms with van der Waals surface area (Å²) in [5.74, 6) is 0.251. The molecule has 1 amide bonds. The predicted octanol–water partition coefficient (Wildman–Crippen LogP) is 4.91. The molecule has 0 atom stereocenters. The Bertz CT molecular complexity index is 863. The maximum atomic E-state index is 12.3. The fraction of sp³-hybridized carbons (Fsp3) is 0.0476. The van der Waals surface area contributed by atoms with Crippen LogP contribution in [-0.2, 0) is 0 Å². The molecule has 0 aliphatic heterocycles. The molecule has 3 aromatic carbocycles. The first-order valence-electron chi connectivity index (χ1n) is 7.90. The lowest BCUT2D eigenvalue weighted by molar-refractivity contribution is 0.101. The van der Waals surface area contributed by atoms with Crippen molar-refractivity contribution in [1.82, 2.24) is 0 Å². The Labute approximate surface area is 151 Å². The summed E-state index contributed by atoms with van der Waals surface area (Å²) in [7, 11) is 0. The SMILES string of the molecule is O=C(CSc1cccc(C(=O)Nc2ccccc2)c1)c1ccccc1. The summed E-state index contributed by atoms with van der Waals surface area (Å²) >= 11 is 1.43. The van der Waals surface area contributed by atoms with Crippen molar-refractivity contribution < 1.29 is 9.59 Å². The van der Waals surface area contributed by atoms with Gasteiger partial charge in [0.25, 0.3) is 5.91 Å². The lowest BCUT2D eigenvalue weighted by Gasteiger charge is -2.07. The van der Waals surface area contributed by atoms with E-state index in [1.165, 1.54) is 11.8 Å². The molecule has 3 nitrogen and oxygen atoms in total. The van der Waals surface area contributed by atoms with Gasteiger partial charge in [0.2, 0.25) is 0 Å². The lowest BCUT2D eigenvalue weighted by Crippen LogP contribution is -2.11. The van der Waals surface area contributed by atoms with E-state index in [9.17, 15) is 9.59 Å². The zero-order valence-electron chi connectivity index (χ0n) is 13.5. The molecule has 0 unspecified atom stereocenters. The summed E-state index contributed by atoms with van der Waals surface area (Å²) in [5, 5.41) is 2.86. The summed E-state index contributed by atoms with van der Waals surface area (Å²) in [6.45, 7) is 0. The normalized spacial score (nSPS) is 10.2. The molecule has 25 heavy (non-hydrogen) atoms. The number of carbonyl (C=O) groups is 2. The van der Waals surface area contributed by atoms with E-state index in [-0.39, 0.29) is 11.7 Å². The van der Waals surface area contributed by atoms with Gasteiger partial charge in [0, 0.05) is 21.7 Å². The molecule has 0 radical (unpaired) electrons. The molecule has 0 aromatic heterocycles. The molecular weight excluding hydrogens is 330 g/mol. The number of nitrogens with one attached hydrogen (secondary N) is 1. The molecule has 0 fully saturated rings. The second kappa shape index (κ2) is 8.31. The number of amides is 1. The van der Waals surface area contributed by atoms with Gasteiger partial charge in [0.15, 0.2) is 5.78 Å². The van der Waals surface area contributed by atoms with E-state index in [1.54, 1.807) is 12.1 Å². The first kappa shape index (κ1) is 17.0. The van der Waals surface area contributed by atoms with Gasteiger partial charge in [-0.2, -0.15) is 0 Å². The quantitative estimate of drug-likeness (QED) is 0.509. The Balaban J connectivity index is 1.63. The number of rotatable bonds is 6. The third-order valence-electron chi connectivity index (χ3n) is 3.59. The van der Waals surface area contributed by atoms with Crippen LogP contribution in [0.5, 0.6) is 0 Å². The Hall–Kier alpha value is -2.85.